The van der Waals surface area contributed by atoms with Crippen molar-refractivity contribution in [2.24, 2.45) is 0 Å². The van der Waals surface area contributed by atoms with Crippen LogP contribution in [0.5, 0.6) is 0 Å². The van der Waals surface area contributed by atoms with Gasteiger partial charge in [-0.2, -0.15) is 5.01 Å². The Balaban J connectivity index is 1.55. The molecule has 3 N–H and O–H groups in total. The van der Waals surface area contributed by atoms with E-state index in [2.05, 4.69) is 16.1 Å². The van der Waals surface area contributed by atoms with Gasteiger partial charge in [0.2, 0.25) is 5.91 Å². The maximum atomic E-state index is 12.6. The SMILES string of the molecule is CC(=O)Nc1cccc(C(=O)OCC(=O)NN2C(=O)NC3(CCCCC3)C2=O)c1. The van der Waals surface area contributed by atoms with Crippen molar-refractivity contribution >= 4 is 35.4 Å². The average Bonchev–Trinajstić information content (AvgIpc) is 2.90. The summed E-state index contributed by atoms with van der Waals surface area (Å²) in [7, 11) is 0. The van der Waals surface area contributed by atoms with Crippen molar-refractivity contribution in [2.45, 2.75) is 44.6 Å². The topological polar surface area (TPSA) is 134 Å². The van der Waals surface area contributed by atoms with Crippen LogP contribution >= 0.6 is 0 Å². The van der Waals surface area contributed by atoms with Crippen molar-refractivity contribution in [3.63, 3.8) is 0 Å². The van der Waals surface area contributed by atoms with Gasteiger partial charge in [0.05, 0.1) is 5.56 Å². The predicted molar refractivity (Wildman–Crippen MR) is 100 cm³/mol. The molecule has 10 heteroatoms. The first-order valence-electron chi connectivity index (χ1n) is 9.32. The summed E-state index contributed by atoms with van der Waals surface area (Å²) in [6.07, 6.45) is 3.70. The lowest BCUT2D eigenvalue weighted by atomic mass is 9.82. The second-order valence-corrected chi connectivity index (χ2v) is 7.09. The van der Waals surface area contributed by atoms with E-state index in [1.165, 1.54) is 19.1 Å². The number of nitrogens with zero attached hydrogens (tertiary/aromatic N) is 1. The highest BCUT2D eigenvalue weighted by atomic mass is 16.5. The van der Waals surface area contributed by atoms with Gasteiger partial charge in [-0.15, -0.1) is 0 Å². The maximum absolute atomic E-state index is 12.6. The van der Waals surface area contributed by atoms with Crippen LogP contribution in [0.25, 0.3) is 0 Å². The number of imide groups is 1. The average molecular weight is 402 g/mol. The highest BCUT2D eigenvalue weighted by Gasteiger charge is 2.52. The number of benzene rings is 1. The molecule has 2 aliphatic rings. The summed E-state index contributed by atoms with van der Waals surface area (Å²) in [6.45, 7) is 0.663. The van der Waals surface area contributed by atoms with Crippen molar-refractivity contribution in [1.82, 2.24) is 15.8 Å². The van der Waals surface area contributed by atoms with Crippen LogP contribution in [0, 0.1) is 0 Å². The van der Waals surface area contributed by atoms with Crippen LogP contribution in [-0.2, 0) is 19.1 Å². The van der Waals surface area contributed by atoms with E-state index in [9.17, 15) is 24.0 Å². The number of esters is 1. The Morgan fingerprint density at radius 1 is 1.17 bits per heavy atom. The molecule has 0 atom stereocenters. The van der Waals surface area contributed by atoms with Gasteiger partial charge in [-0.3, -0.25) is 19.8 Å². The van der Waals surface area contributed by atoms with Gasteiger partial charge in [-0.05, 0) is 31.0 Å². The van der Waals surface area contributed by atoms with Gasteiger partial charge in [0.25, 0.3) is 11.8 Å². The lowest BCUT2D eigenvalue weighted by Gasteiger charge is -2.30. The van der Waals surface area contributed by atoms with Gasteiger partial charge in [0.1, 0.15) is 5.54 Å². The van der Waals surface area contributed by atoms with E-state index in [0.717, 1.165) is 19.3 Å². The summed E-state index contributed by atoms with van der Waals surface area (Å²) >= 11 is 0. The molecule has 1 saturated carbocycles. The summed E-state index contributed by atoms with van der Waals surface area (Å²) in [5.41, 5.74) is 1.79. The van der Waals surface area contributed by atoms with Gasteiger partial charge in [0, 0.05) is 12.6 Å². The monoisotopic (exact) mass is 402 g/mol. The molecule has 1 aromatic rings. The molecule has 0 radical (unpaired) electrons. The first kappa shape index (κ1) is 20.3. The molecule has 29 heavy (non-hydrogen) atoms. The summed E-state index contributed by atoms with van der Waals surface area (Å²) in [5, 5.41) is 5.86. The number of nitrogens with one attached hydrogen (secondary N) is 3. The fourth-order valence-electron chi connectivity index (χ4n) is 3.51. The first-order valence-corrected chi connectivity index (χ1v) is 9.32. The highest BCUT2D eigenvalue weighted by molar-refractivity contribution is 6.08. The molecule has 1 aromatic carbocycles. The minimum Gasteiger partial charge on any atom is -0.452 e. The largest absolute Gasteiger partial charge is 0.452 e. The Kier molecular flexibility index (Phi) is 5.81. The number of carbonyl (C=O) groups is 5. The molecule has 1 heterocycles. The van der Waals surface area contributed by atoms with Gasteiger partial charge < -0.3 is 15.4 Å². The number of urea groups is 1. The Morgan fingerprint density at radius 3 is 2.59 bits per heavy atom. The van der Waals surface area contributed by atoms with Crippen LogP contribution in [0.4, 0.5) is 10.5 Å². The third kappa shape index (κ3) is 4.53. The van der Waals surface area contributed by atoms with Crippen LogP contribution in [0.1, 0.15) is 49.4 Å². The number of hydrogen-bond donors (Lipinski definition) is 3. The zero-order valence-corrected chi connectivity index (χ0v) is 15.9. The Labute approximate surface area is 166 Å². The maximum Gasteiger partial charge on any atom is 0.344 e. The number of carbonyl (C=O) groups excluding carboxylic acids is 5. The first-order chi connectivity index (χ1) is 13.8. The van der Waals surface area contributed by atoms with Crippen LogP contribution in [0.15, 0.2) is 24.3 Å². The number of amides is 5. The molecule has 5 amide bonds. The molecule has 2 fully saturated rings. The normalized spacial score (nSPS) is 17.6. The van der Waals surface area contributed by atoms with E-state index >= 15 is 0 Å². The molecule has 154 valence electrons. The molecule has 1 aliphatic carbocycles. The second-order valence-electron chi connectivity index (χ2n) is 7.09. The zero-order chi connectivity index (χ0) is 21.0. The fraction of sp³-hybridized carbons (Fsp3) is 0.421. The highest BCUT2D eigenvalue weighted by Crippen LogP contribution is 2.32. The van der Waals surface area contributed by atoms with Gasteiger partial charge in [-0.25, -0.2) is 9.59 Å². The van der Waals surface area contributed by atoms with Gasteiger partial charge in [0.15, 0.2) is 6.61 Å². The summed E-state index contributed by atoms with van der Waals surface area (Å²) < 4.78 is 4.93. The summed E-state index contributed by atoms with van der Waals surface area (Å²) in [5.74, 6) is -2.38. The summed E-state index contributed by atoms with van der Waals surface area (Å²) in [6, 6.07) is 5.34. The van der Waals surface area contributed by atoms with Crippen molar-refractivity contribution in [3.05, 3.63) is 29.8 Å². The predicted octanol–water partition coefficient (Wildman–Crippen LogP) is 1.09. The summed E-state index contributed by atoms with van der Waals surface area (Å²) in [4.78, 5) is 60.0. The van der Waals surface area contributed by atoms with E-state index < -0.39 is 36.0 Å². The van der Waals surface area contributed by atoms with Crippen LogP contribution in [-0.4, -0.2) is 46.9 Å². The number of rotatable bonds is 5. The standard InChI is InChI=1S/C19H22N4O6/c1-12(24)20-14-7-5-6-13(10-14)16(26)29-11-15(25)22-23-17(27)19(21-18(23)28)8-3-2-4-9-19/h5-7,10H,2-4,8-9,11H2,1H3,(H,20,24)(H,21,28)(H,22,25). The van der Waals surface area contributed by atoms with E-state index in [1.54, 1.807) is 12.1 Å². The number of ether oxygens (including phenoxy) is 1. The van der Waals surface area contributed by atoms with E-state index in [-0.39, 0.29) is 11.5 Å². The number of hydrazine groups is 1. The third-order valence-corrected chi connectivity index (χ3v) is 4.86. The van der Waals surface area contributed by atoms with Crippen LogP contribution < -0.4 is 16.1 Å². The Morgan fingerprint density at radius 2 is 1.90 bits per heavy atom. The number of anilines is 1. The molecule has 1 saturated heterocycles. The fourth-order valence-corrected chi connectivity index (χ4v) is 3.51. The lowest BCUT2D eigenvalue weighted by Crippen LogP contribution is -2.51. The molecule has 1 aliphatic heterocycles. The molecule has 1 spiro atoms. The molecule has 0 aromatic heterocycles. The van der Waals surface area contributed by atoms with Gasteiger partial charge >= 0.3 is 12.0 Å². The Hall–Kier alpha value is -3.43. The molecular weight excluding hydrogens is 380 g/mol. The van der Waals surface area contributed by atoms with Crippen molar-refractivity contribution < 1.29 is 28.7 Å². The second kappa shape index (κ2) is 8.29. The Bertz CT molecular complexity index is 862. The van der Waals surface area contributed by atoms with Crippen molar-refractivity contribution in [3.8, 4) is 0 Å². The molecule has 0 bridgehead atoms. The van der Waals surface area contributed by atoms with E-state index in [1.807, 2.05) is 0 Å². The third-order valence-electron chi connectivity index (χ3n) is 4.86. The smallest absolute Gasteiger partial charge is 0.344 e. The van der Waals surface area contributed by atoms with Crippen molar-refractivity contribution in [1.29, 1.82) is 0 Å². The molecule has 10 nitrogen and oxygen atoms in total. The zero-order valence-electron chi connectivity index (χ0n) is 15.9. The van der Waals surface area contributed by atoms with E-state index in [0.29, 0.717) is 23.5 Å². The quantitative estimate of drug-likeness (QED) is 0.499. The minimum atomic E-state index is -0.955. The van der Waals surface area contributed by atoms with Crippen LogP contribution in [0.3, 0.4) is 0 Å². The van der Waals surface area contributed by atoms with Gasteiger partial charge in [-0.1, -0.05) is 25.3 Å². The lowest BCUT2D eigenvalue weighted by molar-refractivity contribution is -0.140. The van der Waals surface area contributed by atoms with E-state index in [4.69, 9.17) is 4.74 Å². The number of hydrogen-bond acceptors (Lipinski definition) is 6. The van der Waals surface area contributed by atoms with Crippen LogP contribution in [0.2, 0.25) is 0 Å². The molecule has 0 unspecified atom stereocenters. The molecule has 3 rings (SSSR count). The molecular formula is C19H22N4O6. The minimum absolute atomic E-state index is 0.139. The van der Waals surface area contributed by atoms with Crippen molar-refractivity contribution in [2.75, 3.05) is 11.9 Å².